The number of benzene rings is 4. The lowest BCUT2D eigenvalue weighted by Crippen LogP contribution is -1.92. The molecule has 0 saturated heterocycles. The van der Waals surface area contributed by atoms with Crippen LogP contribution in [0.5, 0.6) is 0 Å². The number of phosphoric ester groups is 1. The number of hydrogen-bond acceptors (Lipinski definition) is 2. The number of phosphoric acid groups is 1. The van der Waals surface area contributed by atoms with Crippen LogP contribution in [0.15, 0.2) is 97.1 Å². The molecular formula is C51H73O4P. The molecule has 0 atom stereocenters. The predicted molar refractivity (Wildman–Crippen MR) is 239 cm³/mol. The monoisotopic (exact) mass is 781 g/mol. The predicted octanol–water partition coefficient (Wildman–Crippen LogP) is 15.2. The molecule has 4 aromatic carbocycles. The molecule has 4 aromatic rings. The van der Waals surface area contributed by atoms with Gasteiger partial charge < -0.3 is 9.79 Å². The molecule has 56 heavy (non-hydrogen) atoms. The van der Waals surface area contributed by atoms with Gasteiger partial charge in [-0.1, -0.05) is 207 Å². The van der Waals surface area contributed by atoms with Crippen molar-refractivity contribution in [3.8, 4) is 22.3 Å². The molecule has 0 aliphatic carbocycles. The normalized spacial score (nSPS) is 11.7. The number of hydrogen-bond donors (Lipinski definition) is 2. The topological polar surface area (TPSA) is 66.8 Å². The Balaban J connectivity index is 0.951. The van der Waals surface area contributed by atoms with Gasteiger partial charge in [-0.05, 0) is 102 Å². The van der Waals surface area contributed by atoms with Crippen LogP contribution >= 0.6 is 7.82 Å². The van der Waals surface area contributed by atoms with Crippen molar-refractivity contribution in [3.63, 3.8) is 0 Å². The maximum absolute atomic E-state index is 10.7. The van der Waals surface area contributed by atoms with Crippen LogP contribution in [0.1, 0.15) is 164 Å². The van der Waals surface area contributed by atoms with Gasteiger partial charge in [0.25, 0.3) is 0 Å². The molecule has 0 radical (unpaired) electrons. The van der Waals surface area contributed by atoms with Gasteiger partial charge >= 0.3 is 7.82 Å². The minimum atomic E-state index is -4.30. The lowest BCUT2D eigenvalue weighted by Gasteiger charge is -2.07. The maximum atomic E-state index is 10.7. The molecule has 0 fully saturated rings. The Morgan fingerprint density at radius 2 is 0.589 bits per heavy atom. The molecule has 4 rings (SSSR count). The second-order valence-electron chi connectivity index (χ2n) is 16.2. The summed E-state index contributed by atoms with van der Waals surface area (Å²) in [5.41, 5.74) is 11.1. The summed E-state index contributed by atoms with van der Waals surface area (Å²) in [6, 6.07) is 36.9. The first kappa shape index (κ1) is 45.7. The lowest BCUT2D eigenvalue weighted by atomic mass is 9.98. The Labute approximate surface area is 341 Å². The summed E-state index contributed by atoms with van der Waals surface area (Å²) in [6.45, 7) is 2.41. The fourth-order valence-electron chi connectivity index (χ4n) is 7.78. The van der Waals surface area contributed by atoms with Crippen LogP contribution in [0.2, 0.25) is 0 Å². The van der Waals surface area contributed by atoms with E-state index in [1.165, 1.54) is 179 Å². The van der Waals surface area contributed by atoms with Gasteiger partial charge in [-0.2, -0.15) is 0 Å². The Kier molecular flexibility index (Phi) is 22.5. The summed E-state index contributed by atoms with van der Waals surface area (Å²) in [5.74, 6) is 0. The van der Waals surface area contributed by atoms with Crippen molar-refractivity contribution in [2.75, 3.05) is 6.61 Å². The highest BCUT2D eigenvalue weighted by atomic mass is 31.2. The molecule has 0 aliphatic heterocycles. The summed E-state index contributed by atoms with van der Waals surface area (Å²) in [5, 5.41) is 0. The SMILES string of the molecule is CCCCCc1ccc(-c2ccc(CCCCCCCCCCCc3ccc(-c4ccc(CCCCCCCCCCCOP(=O)(O)O)cc4)cc3)cc2)cc1. The van der Waals surface area contributed by atoms with Crippen molar-refractivity contribution >= 4 is 7.82 Å². The minimum Gasteiger partial charge on any atom is -0.303 e. The van der Waals surface area contributed by atoms with Crippen LogP contribution in [0.4, 0.5) is 0 Å². The van der Waals surface area contributed by atoms with Crippen LogP contribution in [-0.4, -0.2) is 16.4 Å². The van der Waals surface area contributed by atoms with Crippen molar-refractivity contribution in [1.82, 2.24) is 0 Å². The van der Waals surface area contributed by atoms with Crippen LogP contribution < -0.4 is 0 Å². The Morgan fingerprint density at radius 3 is 0.839 bits per heavy atom. The smallest absolute Gasteiger partial charge is 0.303 e. The lowest BCUT2D eigenvalue weighted by molar-refractivity contribution is 0.193. The maximum Gasteiger partial charge on any atom is 0.469 e. The minimum absolute atomic E-state index is 0.146. The first-order chi connectivity index (χ1) is 27.4. The highest BCUT2D eigenvalue weighted by molar-refractivity contribution is 7.46. The van der Waals surface area contributed by atoms with E-state index in [4.69, 9.17) is 9.79 Å². The zero-order valence-corrected chi connectivity index (χ0v) is 35.7. The van der Waals surface area contributed by atoms with Crippen LogP contribution in [0, 0.1) is 0 Å². The van der Waals surface area contributed by atoms with Crippen LogP contribution in [0.3, 0.4) is 0 Å². The Hall–Kier alpha value is -3.01. The van der Waals surface area contributed by atoms with E-state index in [0.29, 0.717) is 6.42 Å². The van der Waals surface area contributed by atoms with E-state index < -0.39 is 7.82 Å². The van der Waals surface area contributed by atoms with Crippen molar-refractivity contribution in [2.45, 2.75) is 167 Å². The van der Waals surface area contributed by atoms with Crippen molar-refractivity contribution in [1.29, 1.82) is 0 Å². The summed E-state index contributed by atoms with van der Waals surface area (Å²) >= 11 is 0. The van der Waals surface area contributed by atoms with Crippen molar-refractivity contribution in [3.05, 3.63) is 119 Å². The number of rotatable bonds is 31. The molecular weight excluding hydrogens is 708 g/mol. The third kappa shape index (κ3) is 19.9. The standard InChI is InChI=1S/C51H73O4P/c1-2-3-18-23-44-27-35-48(36-28-44)49-37-29-45(30-38-49)24-19-14-10-6-4-7-11-15-20-25-46-31-39-50(40-32-46)51-41-33-47(34-42-51)26-21-16-12-8-5-9-13-17-22-43-55-56(52,53)54/h27-42H,2-26,43H2,1H3,(H2,52,53,54). The van der Waals surface area contributed by atoms with Gasteiger partial charge in [-0.25, -0.2) is 4.57 Å². The van der Waals surface area contributed by atoms with Gasteiger partial charge in [0.05, 0.1) is 6.61 Å². The zero-order valence-electron chi connectivity index (χ0n) is 34.8. The van der Waals surface area contributed by atoms with Crippen LogP contribution in [-0.2, 0) is 34.8 Å². The molecule has 0 bridgehead atoms. The van der Waals surface area contributed by atoms with Gasteiger partial charge in [0.1, 0.15) is 0 Å². The van der Waals surface area contributed by atoms with E-state index in [-0.39, 0.29) is 6.61 Å². The highest BCUT2D eigenvalue weighted by Gasteiger charge is 2.12. The van der Waals surface area contributed by atoms with E-state index in [1.54, 1.807) is 0 Å². The molecule has 0 heterocycles. The molecule has 0 amide bonds. The summed E-state index contributed by atoms with van der Waals surface area (Å²) in [6.07, 6.45) is 31.0. The third-order valence-electron chi connectivity index (χ3n) is 11.4. The molecule has 0 aliphatic rings. The summed E-state index contributed by atoms with van der Waals surface area (Å²) < 4.78 is 15.2. The average molecular weight is 781 g/mol. The van der Waals surface area contributed by atoms with E-state index in [9.17, 15) is 4.57 Å². The van der Waals surface area contributed by atoms with E-state index in [2.05, 4.69) is 109 Å². The third-order valence-corrected chi connectivity index (χ3v) is 11.9. The van der Waals surface area contributed by atoms with E-state index >= 15 is 0 Å². The van der Waals surface area contributed by atoms with Gasteiger partial charge in [0.15, 0.2) is 0 Å². The molecule has 2 N–H and O–H groups in total. The Bertz CT molecular complexity index is 1610. The van der Waals surface area contributed by atoms with Crippen LogP contribution in [0.25, 0.3) is 22.3 Å². The second-order valence-corrected chi connectivity index (χ2v) is 17.4. The molecule has 5 heteroatoms. The summed E-state index contributed by atoms with van der Waals surface area (Å²) in [7, 11) is -4.30. The van der Waals surface area contributed by atoms with Gasteiger partial charge in [-0.3, -0.25) is 4.52 Å². The van der Waals surface area contributed by atoms with Gasteiger partial charge in [0, 0.05) is 0 Å². The average Bonchev–Trinajstić information content (AvgIpc) is 3.21. The Morgan fingerprint density at radius 1 is 0.357 bits per heavy atom. The molecule has 0 unspecified atom stereocenters. The highest BCUT2D eigenvalue weighted by Crippen LogP contribution is 2.35. The van der Waals surface area contributed by atoms with Crippen molar-refractivity contribution in [2.24, 2.45) is 0 Å². The first-order valence-corrected chi connectivity index (χ1v) is 24.0. The number of unbranched alkanes of at least 4 members (excludes halogenated alkanes) is 18. The van der Waals surface area contributed by atoms with Gasteiger partial charge in [0.2, 0.25) is 0 Å². The van der Waals surface area contributed by atoms with Crippen molar-refractivity contribution < 1.29 is 18.9 Å². The van der Waals surface area contributed by atoms with Gasteiger partial charge in [-0.15, -0.1) is 0 Å². The van der Waals surface area contributed by atoms with E-state index in [1.807, 2.05) is 0 Å². The van der Waals surface area contributed by atoms with E-state index in [0.717, 1.165) is 19.3 Å². The number of aryl methyl sites for hydroxylation is 4. The first-order valence-electron chi connectivity index (χ1n) is 22.5. The summed E-state index contributed by atoms with van der Waals surface area (Å²) in [4.78, 5) is 17.4. The second kappa shape index (κ2) is 27.6. The quantitative estimate of drug-likeness (QED) is 0.0394. The molecule has 0 aromatic heterocycles. The molecule has 0 spiro atoms. The zero-order chi connectivity index (χ0) is 39.5. The molecule has 0 saturated carbocycles. The fourth-order valence-corrected chi connectivity index (χ4v) is 8.15. The molecule has 306 valence electrons. The largest absolute Gasteiger partial charge is 0.469 e. The molecule has 4 nitrogen and oxygen atoms in total. The fraction of sp³-hybridized carbons (Fsp3) is 0.529.